The molecule has 0 saturated heterocycles. The molecule has 0 fully saturated rings. The van der Waals surface area contributed by atoms with Crippen molar-refractivity contribution in [3.63, 3.8) is 0 Å². The number of rotatable bonds is 16. The molecule has 0 radical (unpaired) electrons. The smallest absolute Gasteiger partial charge is 0.326 e. The van der Waals surface area contributed by atoms with Crippen LogP contribution in [0.3, 0.4) is 0 Å². The van der Waals surface area contributed by atoms with Crippen LogP contribution in [0.4, 0.5) is 0 Å². The van der Waals surface area contributed by atoms with E-state index in [1.165, 1.54) is 48.2 Å². The predicted octanol–water partition coefficient (Wildman–Crippen LogP) is -0.0229. The molecular formula is C27H34N4O9S. The Kier molecular flexibility index (Phi) is 12.9. The van der Waals surface area contributed by atoms with Crippen molar-refractivity contribution >= 4 is 41.4 Å². The molecule has 0 bridgehead atoms. The first-order valence-corrected chi connectivity index (χ1v) is 13.9. The number of nitrogens with two attached hydrogens (primary N) is 1. The van der Waals surface area contributed by atoms with E-state index in [1.807, 2.05) is 6.26 Å². The molecule has 3 amide bonds. The summed E-state index contributed by atoms with van der Waals surface area (Å²) in [4.78, 5) is 61.8. The van der Waals surface area contributed by atoms with Gasteiger partial charge in [-0.15, -0.1) is 0 Å². The maximum Gasteiger partial charge on any atom is 0.326 e. The van der Waals surface area contributed by atoms with Gasteiger partial charge in [-0.1, -0.05) is 24.3 Å². The van der Waals surface area contributed by atoms with Gasteiger partial charge in [0.2, 0.25) is 17.7 Å². The highest BCUT2D eigenvalue weighted by Gasteiger charge is 2.31. The maximum atomic E-state index is 13.3. The fraction of sp³-hybridized carbons (Fsp3) is 0.370. The zero-order chi connectivity index (χ0) is 30.5. The second kappa shape index (κ2) is 16.1. The highest BCUT2D eigenvalue weighted by atomic mass is 32.2. The first-order valence-electron chi connectivity index (χ1n) is 12.6. The average Bonchev–Trinajstić information content (AvgIpc) is 2.92. The summed E-state index contributed by atoms with van der Waals surface area (Å²) in [5, 5.41) is 44.7. The number of amides is 3. The third-order valence-corrected chi connectivity index (χ3v) is 6.62. The predicted molar refractivity (Wildman–Crippen MR) is 150 cm³/mol. The van der Waals surface area contributed by atoms with Crippen molar-refractivity contribution in [2.24, 2.45) is 5.73 Å². The van der Waals surface area contributed by atoms with E-state index >= 15 is 0 Å². The van der Waals surface area contributed by atoms with Crippen molar-refractivity contribution in [1.82, 2.24) is 16.0 Å². The Balaban J connectivity index is 2.21. The van der Waals surface area contributed by atoms with E-state index in [1.54, 1.807) is 12.1 Å². The zero-order valence-corrected chi connectivity index (χ0v) is 23.1. The lowest BCUT2D eigenvalue weighted by molar-refractivity contribution is -0.147. The number of carbonyl (C=O) groups excluding carboxylic acids is 3. The lowest BCUT2D eigenvalue weighted by Crippen LogP contribution is -2.58. The van der Waals surface area contributed by atoms with E-state index in [0.29, 0.717) is 16.9 Å². The van der Waals surface area contributed by atoms with E-state index in [2.05, 4.69) is 16.0 Å². The van der Waals surface area contributed by atoms with Gasteiger partial charge in [-0.2, -0.15) is 11.8 Å². The van der Waals surface area contributed by atoms with Crippen LogP contribution in [0, 0.1) is 0 Å². The Hall–Kier alpha value is -4.30. The third kappa shape index (κ3) is 11.4. The van der Waals surface area contributed by atoms with Crippen molar-refractivity contribution in [1.29, 1.82) is 0 Å². The molecule has 2 aromatic rings. The minimum Gasteiger partial charge on any atom is -0.508 e. The highest BCUT2D eigenvalue weighted by Crippen LogP contribution is 2.13. The van der Waals surface area contributed by atoms with E-state index in [4.69, 9.17) is 10.8 Å². The minimum absolute atomic E-state index is 0.0327. The number of benzene rings is 2. The van der Waals surface area contributed by atoms with Crippen molar-refractivity contribution in [2.45, 2.75) is 49.9 Å². The van der Waals surface area contributed by atoms with E-state index in [9.17, 15) is 39.3 Å². The topological polar surface area (TPSA) is 228 Å². The number of carboxylic acid groups (broad SMARTS) is 2. The highest BCUT2D eigenvalue weighted by molar-refractivity contribution is 7.98. The van der Waals surface area contributed by atoms with Gasteiger partial charge in [-0.3, -0.25) is 19.2 Å². The van der Waals surface area contributed by atoms with Crippen LogP contribution in [-0.4, -0.2) is 86.3 Å². The lowest BCUT2D eigenvalue weighted by Gasteiger charge is -2.25. The molecule has 0 spiro atoms. The molecule has 14 heteroatoms. The summed E-state index contributed by atoms with van der Waals surface area (Å²) in [7, 11) is 0. The van der Waals surface area contributed by atoms with Crippen LogP contribution in [0.5, 0.6) is 11.5 Å². The molecule has 0 aliphatic rings. The number of thioether (sulfide) groups is 1. The van der Waals surface area contributed by atoms with Gasteiger partial charge in [0.15, 0.2) is 0 Å². The Morgan fingerprint density at radius 3 is 1.68 bits per heavy atom. The summed E-state index contributed by atoms with van der Waals surface area (Å²) in [5.41, 5.74) is 7.25. The average molecular weight is 591 g/mol. The second-order valence-electron chi connectivity index (χ2n) is 9.25. The maximum absolute atomic E-state index is 13.3. The fourth-order valence-electron chi connectivity index (χ4n) is 3.76. The number of phenols is 2. The Bertz CT molecular complexity index is 1210. The van der Waals surface area contributed by atoms with Crippen LogP contribution in [0.15, 0.2) is 48.5 Å². The number of nitrogens with one attached hydrogen (secondary N) is 3. The molecule has 222 valence electrons. The van der Waals surface area contributed by atoms with E-state index < -0.39 is 60.2 Å². The molecule has 0 aromatic heterocycles. The van der Waals surface area contributed by atoms with Crippen molar-refractivity contribution in [2.75, 3.05) is 12.0 Å². The number of phenolic OH excluding ortho intramolecular Hbond substituents is 2. The molecule has 2 rings (SSSR count). The summed E-state index contributed by atoms with van der Waals surface area (Å²) < 4.78 is 0. The molecule has 0 aliphatic heterocycles. The molecule has 0 heterocycles. The summed E-state index contributed by atoms with van der Waals surface area (Å²) in [6.07, 6.45) is 1.13. The Labute approximate surface area is 240 Å². The van der Waals surface area contributed by atoms with Gasteiger partial charge < -0.3 is 42.1 Å². The molecule has 41 heavy (non-hydrogen) atoms. The van der Waals surface area contributed by atoms with E-state index in [0.717, 1.165) is 0 Å². The molecule has 4 atom stereocenters. The fourth-order valence-corrected chi connectivity index (χ4v) is 4.23. The molecular weight excluding hydrogens is 556 g/mol. The largest absolute Gasteiger partial charge is 0.508 e. The van der Waals surface area contributed by atoms with Crippen molar-refractivity contribution in [3.05, 3.63) is 59.7 Å². The van der Waals surface area contributed by atoms with Crippen LogP contribution >= 0.6 is 11.8 Å². The Morgan fingerprint density at radius 2 is 1.20 bits per heavy atom. The van der Waals surface area contributed by atoms with Gasteiger partial charge in [-0.25, -0.2) is 4.79 Å². The molecule has 0 saturated carbocycles. The molecule has 0 aliphatic carbocycles. The van der Waals surface area contributed by atoms with Gasteiger partial charge in [0, 0.05) is 6.42 Å². The normalized spacial score (nSPS) is 13.7. The molecule has 2 aromatic carbocycles. The van der Waals surface area contributed by atoms with Gasteiger partial charge >= 0.3 is 11.9 Å². The second-order valence-corrected chi connectivity index (χ2v) is 10.2. The van der Waals surface area contributed by atoms with Crippen LogP contribution < -0.4 is 21.7 Å². The summed E-state index contributed by atoms with van der Waals surface area (Å²) in [6.45, 7) is 0. The molecule has 13 nitrogen and oxygen atoms in total. The number of hydrogen-bond donors (Lipinski definition) is 8. The minimum atomic E-state index is -1.75. The van der Waals surface area contributed by atoms with Crippen LogP contribution in [0.1, 0.15) is 24.0 Å². The standard InChI is InChI=1S/C27H34N4O9S/c1-41-11-10-20(29-24(36)19(28)12-15-2-6-17(32)7-3-15)25(37)30-21(13-16-4-8-18(33)9-5-16)26(38)31-22(27(39)40)14-23(34)35/h2-9,19-22,32-33H,10-14,28H2,1H3,(H,29,36)(H,30,37)(H,31,38)(H,34,35)(H,39,40). The summed E-state index contributed by atoms with van der Waals surface area (Å²) in [5.74, 6) is -4.80. The monoisotopic (exact) mass is 590 g/mol. The first kappa shape index (κ1) is 32.9. The zero-order valence-electron chi connectivity index (χ0n) is 22.3. The van der Waals surface area contributed by atoms with Crippen molar-refractivity contribution < 1.29 is 44.4 Å². The number of aromatic hydroxyl groups is 2. The molecule has 4 unspecified atom stereocenters. The van der Waals surface area contributed by atoms with Gasteiger partial charge in [-0.05, 0) is 60.2 Å². The van der Waals surface area contributed by atoms with Gasteiger partial charge in [0.25, 0.3) is 0 Å². The first-order chi connectivity index (χ1) is 19.4. The SMILES string of the molecule is CSCCC(NC(=O)C(N)Cc1ccc(O)cc1)C(=O)NC(Cc1ccc(O)cc1)C(=O)NC(CC(=O)O)C(=O)O. The number of aliphatic carboxylic acids is 2. The summed E-state index contributed by atoms with van der Waals surface area (Å²) >= 11 is 1.42. The summed E-state index contributed by atoms with van der Waals surface area (Å²) in [6, 6.07) is 6.68. The molecule has 9 N–H and O–H groups in total. The van der Waals surface area contributed by atoms with Crippen LogP contribution in [0.2, 0.25) is 0 Å². The number of carbonyl (C=O) groups is 5. The van der Waals surface area contributed by atoms with Crippen LogP contribution in [-0.2, 0) is 36.8 Å². The van der Waals surface area contributed by atoms with Gasteiger partial charge in [0.1, 0.15) is 29.6 Å². The van der Waals surface area contributed by atoms with Crippen molar-refractivity contribution in [3.8, 4) is 11.5 Å². The Morgan fingerprint density at radius 1 is 0.732 bits per heavy atom. The van der Waals surface area contributed by atoms with Gasteiger partial charge in [0.05, 0.1) is 12.5 Å². The number of carboxylic acids is 2. The quantitative estimate of drug-likeness (QED) is 0.129. The van der Waals surface area contributed by atoms with Crippen LogP contribution in [0.25, 0.3) is 0 Å². The van der Waals surface area contributed by atoms with E-state index in [-0.39, 0.29) is 30.8 Å². The third-order valence-electron chi connectivity index (χ3n) is 5.97. The number of hydrogen-bond acceptors (Lipinski definition) is 9. The lowest BCUT2D eigenvalue weighted by atomic mass is 10.0.